The highest BCUT2D eigenvalue weighted by atomic mass is 16.4. The second kappa shape index (κ2) is 9.43. The van der Waals surface area contributed by atoms with Crippen LogP contribution in [-0.2, 0) is 0 Å². The summed E-state index contributed by atoms with van der Waals surface area (Å²) >= 11 is 0. The first-order valence-corrected chi connectivity index (χ1v) is 10.5. The number of pyridine rings is 3. The fraction of sp³-hybridized carbons (Fsp3) is 0. The van der Waals surface area contributed by atoms with Crippen molar-refractivity contribution in [2.75, 3.05) is 0 Å². The monoisotopic (exact) mass is 477 g/mol. The summed E-state index contributed by atoms with van der Waals surface area (Å²) in [5.74, 6) is -2.24. The zero-order valence-corrected chi connectivity index (χ0v) is 18.3. The average molecular weight is 477 g/mol. The van der Waals surface area contributed by atoms with E-state index in [1.54, 1.807) is 66.7 Å². The Hall–Kier alpha value is -5.45. The molecule has 5 aromatic rings. The molecule has 0 spiro atoms. The van der Waals surface area contributed by atoms with Gasteiger partial charge in [-0.3, -0.25) is 0 Å². The van der Waals surface area contributed by atoms with Crippen LogP contribution in [-0.4, -0.2) is 57.5 Å². The quantitative estimate of drug-likeness (QED) is 0.367. The molecule has 0 atom stereocenters. The SMILES string of the molecule is O=C(O)c1cccc(-c2ccc(-c3cccc(-c4ccc(-c5cccc(C(=O)O)n5)nn4)n3)nn2)n1. The lowest BCUT2D eigenvalue weighted by atomic mass is 10.1. The van der Waals surface area contributed by atoms with Crippen molar-refractivity contribution in [3.05, 3.63) is 90.3 Å². The maximum absolute atomic E-state index is 11.2. The van der Waals surface area contributed by atoms with Gasteiger partial charge in [0.2, 0.25) is 0 Å². The van der Waals surface area contributed by atoms with Crippen LogP contribution in [0.15, 0.2) is 78.9 Å². The van der Waals surface area contributed by atoms with Crippen LogP contribution in [0, 0.1) is 0 Å². The Morgan fingerprint density at radius 1 is 0.417 bits per heavy atom. The predicted molar refractivity (Wildman–Crippen MR) is 127 cm³/mol. The van der Waals surface area contributed by atoms with E-state index in [0.29, 0.717) is 45.6 Å². The van der Waals surface area contributed by atoms with E-state index in [0.717, 1.165) is 0 Å². The zero-order valence-electron chi connectivity index (χ0n) is 18.3. The van der Waals surface area contributed by atoms with Gasteiger partial charge in [0.05, 0.1) is 22.8 Å². The Morgan fingerprint density at radius 2 is 0.722 bits per heavy atom. The highest BCUT2D eigenvalue weighted by molar-refractivity contribution is 5.86. The molecule has 5 aromatic heterocycles. The summed E-state index contributed by atoms with van der Waals surface area (Å²) in [7, 11) is 0. The molecular weight excluding hydrogens is 462 g/mol. The number of carbonyl (C=O) groups is 2. The van der Waals surface area contributed by atoms with Gasteiger partial charge in [-0.25, -0.2) is 24.5 Å². The normalized spacial score (nSPS) is 10.7. The van der Waals surface area contributed by atoms with Crippen LogP contribution in [0.1, 0.15) is 21.0 Å². The second-order valence-corrected chi connectivity index (χ2v) is 7.44. The van der Waals surface area contributed by atoms with Gasteiger partial charge in [-0.2, -0.15) is 0 Å². The van der Waals surface area contributed by atoms with Gasteiger partial charge >= 0.3 is 11.9 Å². The minimum Gasteiger partial charge on any atom is -0.477 e. The van der Waals surface area contributed by atoms with Crippen LogP contribution in [0.5, 0.6) is 0 Å². The lowest BCUT2D eigenvalue weighted by Crippen LogP contribution is -2.02. The van der Waals surface area contributed by atoms with Crippen LogP contribution >= 0.6 is 0 Å². The number of nitrogens with zero attached hydrogens (tertiary/aromatic N) is 7. The Balaban J connectivity index is 1.39. The molecule has 0 aromatic carbocycles. The Kier molecular flexibility index (Phi) is 5.85. The number of carboxylic acids is 2. The van der Waals surface area contributed by atoms with E-state index in [9.17, 15) is 9.59 Å². The molecule has 5 rings (SSSR count). The molecule has 0 unspecified atom stereocenters. The molecule has 0 aliphatic rings. The zero-order chi connectivity index (χ0) is 25.1. The largest absolute Gasteiger partial charge is 0.477 e. The van der Waals surface area contributed by atoms with Crippen molar-refractivity contribution in [1.82, 2.24) is 35.3 Å². The van der Waals surface area contributed by atoms with Crippen molar-refractivity contribution in [2.24, 2.45) is 0 Å². The van der Waals surface area contributed by atoms with Gasteiger partial charge in [0, 0.05) is 0 Å². The van der Waals surface area contributed by atoms with Gasteiger partial charge in [0.1, 0.15) is 34.2 Å². The Morgan fingerprint density at radius 3 is 1.03 bits per heavy atom. The molecule has 11 nitrogen and oxygen atoms in total. The van der Waals surface area contributed by atoms with E-state index in [-0.39, 0.29) is 11.4 Å². The van der Waals surface area contributed by atoms with Gasteiger partial charge in [-0.05, 0) is 60.7 Å². The van der Waals surface area contributed by atoms with Gasteiger partial charge < -0.3 is 10.2 Å². The van der Waals surface area contributed by atoms with E-state index in [2.05, 4.69) is 35.3 Å². The Bertz CT molecular complexity index is 1470. The van der Waals surface area contributed by atoms with Gasteiger partial charge in [0.25, 0.3) is 0 Å². The van der Waals surface area contributed by atoms with Crippen LogP contribution in [0.3, 0.4) is 0 Å². The molecule has 0 aliphatic carbocycles. The maximum Gasteiger partial charge on any atom is 0.354 e. The first-order chi connectivity index (χ1) is 17.5. The summed E-state index contributed by atoms with van der Waals surface area (Å²) in [6.45, 7) is 0. The molecule has 11 heteroatoms. The summed E-state index contributed by atoms with van der Waals surface area (Å²) in [6, 6.07) is 21.5. The molecule has 2 N–H and O–H groups in total. The summed E-state index contributed by atoms with van der Waals surface area (Å²) < 4.78 is 0. The average Bonchev–Trinajstić information content (AvgIpc) is 2.93. The number of aromatic carboxylic acids is 2. The number of rotatable bonds is 6. The molecule has 0 saturated heterocycles. The summed E-state index contributed by atoms with van der Waals surface area (Å²) in [5.41, 5.74) is 3.63. The first kappa shape index (κ1) is 22.3. The molecule has 174 valence electrons. The molecule has 0 saturated carbocycles. The molecule has 0 amide bonds. The van der Waals surface area contributed by atoms with Crippen molar-refractivity contribution < 1.29 is 19.8 Å². The highest BCUT2D eigenvalue weighted by Gasteiger charge is 2.12. The Labute approximate surface area is 203 Å². The van der Waals surface area contributed by atoms with Crippen molar-refractivity contribution in [3.8, 4) is 45.6 Å². The third-order valence-corrected chi connectivity index (χ3v) is 5.06. The van der Waals surface area contributed by atoms with Crippen LogP contribution < -0.4 is 0 Å². The van der Waals surface area contributed by atoms with E-state index in [1.165, 1.54) is 12.1 Å². The van der Waals surface area contributed by atoms with Crippen molar-refractivity contribution in [1.29, 1.82) is 0 Å². The first-order valence-electron chi connectivity index (χ1n) is 10.5. The van der Waals surface area contributed by atoms with E-state index in [4.69, 9.17) is 10.2 Å². The molecule has 0 aliphatic heterocycles. The summed E-state index contributed by atoms with van der Waals surface area (Å²) in [6.07, 6.45) is 0. The van der Waals surface area contributed by atoms with Gasteiger partial charge in [-0.15, -0.1) is 20.4 Å². The standard InChI is InChI=1S/C25H15N7O4/c33-24(34)22-8-2-6-16(27-22)20-12-10-18(29-31-20)14-4-1-5-15(26-14)19-11-13-21(32-30-19)17-7-3-9-23(28-17)25(35)36/h1-13H,(H,33,34)(H,35,36). The summed E-state index contributed by atoms with van der Waals surface area (Å²) in [4.78, 5) is 35.1. The molecule has 0 bridgehead atoms. The predicted octanol–water partition coefficient (Wildman–Crippen LogP) is 3.52. The highest BCUT2D eigenvalue weighted by Crippen LogP contribution is 2.23. The molecule has 0 radical (unpaired) electrons. The fourth-order valence-electron chi connectivity index (χ4n) is 3.32. The van der Waals surface area contributed by atoms with E-state index in [1.807, 2.05) is 0 Å². The van der Waals surface area contributed by atoms with E-state index >= 15 is 0 Å². The third kappa shape index (κ3) is 4.61. The van der Waals surface area contributed by atoms with Crippen LogP contribution in [0.2, 0.25) is 0 Å². The summed E-state index contributed by atoms with van der Waals surface area (Å²) in [5, 5.41) is 35.0. The van der Waals surface area contributed by atoms with Gasteiger partial charge in [-0.1, -0.05) is 18.2 Å². The molecular formula is C25H15N7O4. The van der Waals surface area contributed by atoms with Crippen molar-refractivity contribution >= 4 is 11.9 Å². The maximum atomic E-state index is 11.2. The minimum absolute atomic E-state index is 0.0785. The number of carboxylic acid groups (broad SMARTS) is 2. The topological polar surface area (TPSA) is 165 Å². The van der Waals surface area contributed by atoms with Crippen LogP contribution in [0.25, 0.3) is 45.6 Å². The van der Waals surface area contributed by atoms with Crippen molar-refractivity contribution in [3.63, 3.8) is 0 Å². The smallest absolute Gasteiger partial charge is 0.354 e. The number of hydrogen-bond donors (Lipinski definition) is 2. The van der Waals surface area contributed by atoms with Gasteiger partial charge in [0.15, 0.2) is 0 Å². The number of aromatic nitrogens is 7. The van der Waals surface area contributed by atoms with Crippen LogP contribution in [0.4, 0.5) is 0 Å². The van der Waals surface area contributed by atoms with E-state index < -0.39 is 11.9 Å². The fourth-order valence-corrected chi connectivity index (χ4v) is 3.32. The number of hydrogen-bond acceptors (Lipinski definition) is 9. The molecule has 0 fully saturated rings. The minimum atomic E-state index is -1.12. The molecule has 36 heavy (non-hydrogen) atoms. The lowest BCUT2D eigenvalue weighted by Gasteiger charge is -2.06. The third-order valence-electron chi connectivity index (χ3n) is 5.06. The molecule has 5 heterocycles. The second-order valence-electron chi connectivity index (χ2n) is 7.44. The van der Waals surface area contributed by atoms with Crippen molar-refractivity contribution in [2.45, 2.75) is 0 Å². The lowest BCUT2D eigenvalue weighted by molar-refractivity contribution is 0.0680.